The molecule has 1 saturated heterocycles. The summed E-state index contributed by atoms with van der Waals surface area (Å²) in [6.45, 7) is 3.06. The van der Waals surface area contributed by atoms with E-state index < -0.39 is 0 Å². The molecule has 6 nitrogen and oxygen atoms in total. The molecule has 29 heavy (non-hydrogen) atoms. The molecule has 2 heterocycles. The van der Waals surface area contributed by atoms with E-state index in [0.29, 0.717) is 49.1 Å². The molecule has 0 saturated carbocycles. The minimum absolute atomic E-state index is 0.0245. The minimum atomic E-state index is -0.0726. The van der Waals surface area contributed by atoms with Gasteiger partial charge in [0, 0.05) is 44.2 Å². The van der Waals surface area contributed by atoms with Gasteiger partial charge in [0.25, 0.3) is 5.91 Å². The van der Waals surface area contributed by atoms with Gasteiger partial charge in [-0.25, -0.2) is 0 Å². The number of amides is 2. The van der Waals surface area contributed by atoms with Crippen LogP contribution in [-0.2, 0) is 9.53 Å². The monoisotopic (exact) mass is 420 g/mol. The van der Waals surface area contributed by atoms with Crippen LogP contribution in [0.5, 0.6) is 5.75 Å². The number of piperidine rings is 1. The lowest BCUT2D eigenvalue weighted by Crippen LogP contribution is -2.44. The maximum atomic E-state index is 13.0. The van der Waals surface area contributed by atoms with Crippen LogP contribution in [-0.4, -0.2) is 68.6 Å². The Morgan fingerprint density at radius 1 is 1.21 bits per heavy atom. The summed E-state index contributed by atoms with van der Waals surface area (Å²) in [5.41, 5.74) is 0.484. The maximum Gasteiger partial charge on any atom is 0.257 e. The van der Waals surface area contributed by atoms with Crippen molar-refractivity contribution in [2.24, 2.45) is 11.8 Å². The number of hydrogen-bond acceptors (Lipinski definition) is 4. The predicted molar refractivity (Wildman–Crippen MR) is 112 cm³/mol. The third kappa shape index (κ3) is 5.11. The normalized spacial score (nSPS) is 20.7. The van der Waals surface area contributed by atoms with Gasteiger partial charge in [0.05, 0.1) is 19.3 Å². The van der Waals surface area contributed by atoms with Gasteiger partial charge in [-0.1, -0.05) is 23.8 Å². The largest absolute Gasteiger partial charge is 0.496 e. The number of allylic oxidation sites excluding steroid dienone is 1. The molecular weight excluding hydrogens is 392 g/mol. The first-order valence-corrected chi connectivity index (χ1v) is 10.5. The Labute approximate surface area is 177 Å². The van der Waals surface area contributed by atoms with E-state index in [4.69, 9.17) is 21.1 Å². The van der Waals surface area contributed by atoms with E-state index >= 15 is 0 Å². The molecule has 0 unspecified atom stereocenters. The Morgan fingerprint density at radius 2 is 1.97 bits per heavy atom. The summed E-state index contributed by atoms with van der Waals surface area (Å²) >= 11 is 6.08. The zero-order chi connectivity index (χ0) is 20.8. The first-order chi connectivity index (χ1) is 14.0. The summed E-state index contributed by atoms with van der Waals surface area (Å²) in [5.74, 6) is 0.911. The Balaban J connectivity index is 1.64. The molecule has 0 aliphatic carbocycles. The molecule has 2 amide bonds. The van der Waals surface area contributed by atoms with Crippen molar-refractivity contribution < 1.29 is 19.1 Å². The zero-order valence-corrected chi connectivity index (χ0v) is 17.9. The molecule has 1 atom stereocenters. The average Bonchev–Trinajstić information content (AvgIpc) is 2.93. The second kappa shape index (κ2) is 10.1. The molecule has 2 aliphatic rings. The van der Waals surface area contributed by atoms with Gasteiger partial charge in [-0.3, -0.25) is 9.59 Å². The molecule has 1 aromatic carbocycles. The summed E-state index contributed by atoms with van der Waals surface area (Å²) in [5, 5.41) is 0.510. The van der Waals surface area contributed by atoms with E-state index in [-0.39, 0.29) is 23.7 Å². The van der Waals surface area contributed by atoms with Crippen molar-refractivity contribution in [1.82, 2.24) is 9.80 Å². The fraction of sp³-hybridized carbons (Fsp3) is 0.545. The SMILES string of the molecule is COCCN1CC=CC[C@H](C2CCN(C(=O)c3cc(Cl)ccc3OC)CC2)C1=O. The molecular formula is C22H29ClN2O4. The van der Waals surface area contributed by atoms with Crippen LogP contribution >= 0.6 is 11.6 Å². The van der Waals surface area contributed by atoms with Crippen molar-refractivity contribution in [1.29, 1.82) is 0 Å². The quantitative estimate of drug-likeness (QED) is 0.663. The average molecular weight is 421 g/mol. The number of carbonyl (C=O) groups is 2. The second-order valence-electron chi connectivity index (χ2n) is 7.56. The Bertz CT molecular complexity index is 759. The minimum Gasteiger partial charge on any atom is -0.496 e. The van der Waals surface area contributed by atoms with Crippen LogP contribution in [0.2, 0.25) is 5.02 Å². The van der Waals surface area contributed by atoms with E-state index in [1.54, 1.807) is 32.4 Å². The molecule has 1 aromatic rings. The number of benzene rings is 1. The summed E-state index contributed by atoms with van der Waals surface area (Å²) in [6, 6.07) is 5.08. The molecule has 158 valence electrons. The van der Waals surface area contributed by atoms with Gasteiger partial charge in [0.15, 0.2) is 0 Å². The first kappa shape index (κ1) is 21.7. The molecule has 2 aliphatic heterocycles. The van der Waals surface area contributed by atoms with E-state index in [1.807, 2.05) is 9.80 Å². The van der Waals surface area contributed by atoms with Crippen LogP contribution in [0.3, 0.4) is 0 Å². The van der Waals surface area contributed by atoms with Crippen LogP contribution in [0.4, 0.5) is 0 Å². The fourth-order valence-electron chi connectivity index (χ4n) is 4.19. The predicted octanol–water partition coefficient (Wildman–Crippen LogP) is 3.25. The summed E-state index contributed by atoms with van der Waals surface area (Å²) in [7, 11) is 3.20. The summed E-state index contributed by atoms with van der Waals surface area (Å²) in [4.78, 5) is 29.7. The molecule has 7 heteroatoms. The van der Waals surface area contributed by atoms with Crippen molar-refractivity contribution in [2.75, 3.05) is 47.0 Å². The van der Waals surface area contributed by atoms with Crippen molar-refractivity contribution in [2.45, 2.75) is 19.3 Å². The van der Waals surface area contributed by atoms with Gasteiger partial charge in [0.1, 0.15) is 5.75 Å². The highest BCUT2D eigenvalue weighted by molar-refractivity contribution is 6.31. The molecule has 0 aromatic heterocycles. The Morgan fingerprint density at radius 3 is 2.66 bits per heavy atom. The Hall–Kier alpha value is -2.05. The molecule has 0 spiro atoms. The number of methoxy groups -OCH3 is 2. The van der Waals surface area contributed by atoms with Gasteiger partial charge >= 0.3 is 0 Å². The topological polar surface area (TPSA) is 59.1 Å². The number of likely N-dealkylation sites (tertiary alicyclic amines) is 1. The van der Waals surface area contributed by atoms with Crippen molar-refractivity contribution >= 4 is 23.4 Å². The van der Waals surface area contributed by atoms with Crippen molar-refractivity contribution in [3.63, 3.8) is 0 Å². The number of rotatable bonds is 6. The van der Waals surface area contributed by atoms with Crippen LogP contribution in [0.15, 0.2) is 30.4 Å². The Kier molecular flexibility index (Phi) is 7.56. The van der Waals surface area contributed by atoms with Crippen LogP contribution < -0.4 is 4.74 Å². The van der Waals surface area contributed by atoms with Gasteiger partial charge in [-0.15, -0.1) is 0 Å². The summed E-state index contributed by atoms with van der Waals surface area (Å²) < 4.78 is 10.5. The number of nitrogens with zero attached hydrogens (tertiary/aromatic N) is 2. The molecule has 1 fully saturated rings. The molecule has 0 bridgehead atoms. The molecule has 0 N–H and O–H groups in total. The van der Waals surface area contributed by atoms with Crippen LogP contribution in [0.1, 0.15) is 29.6 Å². The van der Waals surface area contributed by atoms with E-state index in [2.05, 4.69) is 12.2 Å². The number of carbonyl (C=O) groups excluding carboxylic acids is 2. The third-order valence-electron chi connectivity index (χ3n) is 5.86. The lowest BCUT2D eigenvalue weighted by Gasteiger charge is -2.36. The van der Waals surface area contributed by atoms with Crippen molar-refractivity contribution in [3.05, 3.63) is 40.9 Å². The van der Waals surface area contributed by atoms with Gasteiger partial charge in [0.2, 0.25) is 5.91 Å². The third-order valence-corrected chi connectivity index (χ3v) is 6.10. The molecule has 3 rings (SSSR count). The van der Waals surface area contributed by atoms with Crippen molar-refractivity contribution in [3.8, 4) is 5.75 Å². The van der Waals surface area contributed by atoms with Crippen LogP contribution in [0.25, 0.3) is 0 Å². The molecule has 0 radical (unpaired) electrons. The van der Waals surface area contributed by atoms with Gasteiger partial charge < -0.3 is 19.3 Å². The smallest absolute Gasteiger partial charge is 0.257 e. The highest BCUT2D eigenvalue weighted by atomic mass is 35.5. The summed E-state index contributed by atoms with van der Waals surface area (Å²) in [6.07, 6.45) is 6.58. The maximum absolute atomic E-state index is 13.0. The van der Waals surface area contributed by atoms with E-state index in [9.17, 15) is 9.59 Å². The lowest BCUT2D eigenvalue weighted by molar-refractivity contribution is -0.137. The highest BCUT2D eigenvalue weighted by Gasteiger charge is 2.35. The second-order valence-corrected chi connectivity index (χ2v) is 8.00. The number of halogens is 1. The first-order valence-electron chi connectivity index (χ1n) is 10.1. The highest BCUT2D eigenvalue weighted by Crippen LogP contribution is 2.32. The lowest BCUT2D eigenvalue weighted by atomic mass is 9.81. The van der Waals surface area contributed by atoms with E-state index in [0.717, 1.165) is 19.3 Å². The fourth-order valence-corrected chi connectivity index (χ4v) is 4.36. The number of hydrogen-bond donors (Lipinski definition) is 0. The van der Waals surface area contributed by atoms with Crippen LogP contribution in [0, 0.1) is 11.8 Å². The number of ether oxygens (including phenoxy) is 2. The van der Waals surface area contributed by atoms with Gasteiger partial charge in [-0.05, 0) is 43.4 Å². The zero-order valence-electron chi connectivity index (χ0n) is 17.1. The van der Waals surface area contributed by atoms with Gasteiger partial charge in [-0.2, -0.15) is 0 Å². The van der Waals surface area contributed by atoms with E-state index in [1.165, 1.54) is 0 Å². The standard InChI is InChI=1S/C22H29ClN2O4/c1-28-14-13-24-10-4-3-5-18(21(24)26)16-8-11-25(12-9-16)22(27)19-15-17(23)6-7-20(19)29-2/h3-4,6-7,15-16,18H,5,8-14H2,1-2H3/t18-/m1/s1.